The standard InChI is InChI=1S/C10H26O4Si2/c1-6-11-15(12-7-2)10-16(5,13-8-3)14-9-4/h15H,6-10H2,1-5H3. The van der Waals surface area contributed by atoms with Crippen molar-refractivity contribution < 1.29 is 17.7 Å². The van der Waals surface area contributed by atoms with Gasteiger partial charge in [0.15, 0.2) is 0 Å². The van der Waals surface area contributed by atoms with Crippen LogP contribution in [0.3, 0.4) is 0 Å². The molecule has 0 N–H and O–H groups in total. The third-order valence-corrected chi connectivity index (χ3v) is 9.65. The van der Waals surface area contributed by atoms with E-state index in [1.165, 1.54) is 0 Å². The van der Waals surface area contributed by atoms with Crippen LogP contribution >= 0.6 is 0 Å². The zero-order chi connectivity index (χ0) is 12.4. The summed E-state index contributed by atoms with van der Waals surface area (Å²) in [5.74, 6) is 0. The lowest BCUT2D eigenvalue weighted by Crippen LogP contribution is -2.45. The van der Waals surface area contributed by atoms with Gasteiger partial charge in [0.05, 0.1) is 0 Å². The summed E-state index contributed by atoms with van der Waals surface area (Å²) in [4.78, 5) is 0. The molecule has 16 heavy (non-hydrogen) atoms. The highest BCUT2D eigenvalue weighted by molar-refractivity contribution is 6.77. The van der Waals surface area contributed by atoms with Crippen LogP contribution in [-0.4, -0.2) is 44.3 Å². The van der Waals surface area contributed by atoms with Gasteiger partial charge >= 0.3 is 17.8 Å². The van der Waals surface area contributed by atoms with E-state index in [1.54, 1.807) is 0 Å². The Morgan fingerprint density at radius 2 is 1.25 bits per heavy atom. The Kier molecular flexibility index (Phi) is 9.48. The van der Waals surface area contributed by atoms with Crippen LogP contribution in [0, 0.1) is 0 Å². The molecule has 4 nitrogen and oxygen atoms in total. The van der Waals surface area contributed by atoms with Crippen LogP contribution in [0.2, 0.25) is 12.2 Å². The van der Waals surface area contributed by atoms with Gasteiger partial charge in [-0.25, -0.2) is 0 Å². The number of hydrogen-bond donors (Lipinski definition) is 0. The molecule has 0 aromatic rings. The van der Waals surface area contributed by atoms with E-state index in [-0.39, 0.29) is 0 Å². The molecule has 0 saturated heterocycles. The predicted octanol–water partition coefficient (Wildman–Crippen LogP) is 1.96. The van der Waals surface area contributed by atoms with E-state index in [0.717, 1.165) is 5.67 Å². The maximum atomic E-state index is 5.78. The van der Waals surface area contributed by atoms with E-state index in [9.17, 15) is 0 Å². The fourth-order valence-corrected chi connectivity index (χ4v) is 8.06. The lowest BCUT2D eigenvalue weighted by molar-refractivity contribution is 0.180. The van der Waals surface area contributed by atoms with Crippen molar-refractivity contribution in [2.24, 2.45) is 0 Å². The topological polar surface area (TPSA) is 36.9 Å². The van der Waals surface area contributed by atoms with Gasteiger partial charge in [0, 0.05) is 32.1 Å². The fraction of sp³-hybridized carbons (Fsp3) is 1.00. The minimum Gasteiger partial charge on any atom is -0.397 e. The summed E-state index contributed by atoms with van der Waals surface area (Å²) in [5, 5.41) is 0. The van der Waals surface area contributed by atoms with Crippen LogP contribution in [0.1, 0.15) is 27.7 Å². The molecule has 0 spiro atoms. The molecular weight excluding hydrogens is 240 g/mol. The average molecular weight is 266 g/mol. The predicted molar refractivity (Wildman–Crippen MR) is 70.1 cm³/mol. The smallest absolute Gasteiger partial charge is 0.336 e. The van der Waals surface area contributed by atoms with E-state index >= 15 is 0 Å². The Bertz CT molecular complexity index is 157. The molecule has 0 unspecified atom stereocenters. The largest absolute Gasteiger partial charge is 0.397 e. The summed E-state index contributed by atoms with van der Waals surface area (Å²) in [5.41, 5.74) is 0.858. The Hall–Kier alpha value is 0.274. The van der Waals surface area contributed by atoms with E-state index < -0.39 is 17.8 Å². The first kappa shape index (κ1) is 16.3. The molecule has 0 atom stereocenters. The van der Waals surface area contributed by atoms with Crippen molar-refractivity contribution in [1.82, 2.24) is 0 Å². The molecule has 0 aromatic carbocycles. The molecule has 0 radical (unpaired) electrons. The number of rotatable bonds is 10. The van der Waals surface area contributed by atoms with E-state index in [2.05, 4.69) is 6.55 Å². The summed E-state index contributed by atoms with van der Waals surface area (Å²) in [6.45, 7) is 12.9. The maximum Gasteiger partial charge on any atom is 0.336 e. The first-order valence-electron chi connectivity index (χ1n) is 6.12. The van der Waals surface area contributed by atoms with Crippen molar-refractivity contribution in [2.45, 2.75) is 39.9 Å². The van der Waals surface area contributed by atoms with Gasteiger partial charge in [-0.3, -0.25) is 0 Å². The van der Waals surface area contributed by atoms with Crippen molar-refractivity contribution in [1.29, 1.82) is 0 Å². The molecule has 0 fully saturated rings. The van der Waals surface area contributed by atoms with Gasteiger partial charge in [0.2, 0.25) is 0 Å². The molecule has 0 saturated carbocycles. The Morgan fingerprint density at radius 1 is 0.812 bits per heavy atom. The van der Waals surface area contributed by atoms with Crippen LogP contribution in [0.5, 0.6) is 0 Å². The molecule has 6 heteroatoms. The lowest BCUT2D eigenvalue weighted by Gasteiger charge is -2.28. The Morgan fingerprint density at radius 3 is 1.56 bits per heavy atom. The summed E-state index contributed by atoms with van der Waals surface area (Å²) in [6, 6.07) is 0. The van der Waals surface area contributed by atoms with Gasteiger partial charge < -0.3 is 17.7 Å². The molecule has 0 heterocycles. The normalized spacial score (nSPS) is 12.4. The third kappa shape index (κ3) is 6.77. The van der Waals surface area contributed by atoms with Gasteiger partial charge in [-0.05, 0) is 34.2 Å². The first-order valence-corrected chi connectivity index (χ1v) is 10.4. The van der Waals surface area contributed by atoms with Crippen molar-refractivity contribution in [3.8, 4) is 0 Å². The van der Waals surface area contributed by atoms with Crippen LogP contribution in [0.25, 0.3) is 0 Å². The van der Waals surface area contributed by atoms with Crippen molar-refractivity contribution in [3.63, 3.8) is 0 Å². The molecule has 98 valence electrons. The Balaban J connectivity index is 4.30. The molecule has 0 aliphatic heterocycles. The molecule has 0 aliphatic carbocycles. The second kappa shape index (κ2) is 9.32. The van der Waals surface area contributed by atoms with Crippen LogP contribution < -0.4 is 0 Å². The molecule has 0 aromatic heterocycles. The zero-order valence-corrected chi connectivity index (χ0v) is 13.4. The Labute approximate surface area is 102 Å². The van der Waals surface area contributed by atoms with Crippen molar-refractivity contribution >= 4 is 17.8 Å². The minimum atomic E-state index is -2.08. The second-order valence-electron chi connectivity index (χ2n) is 3.54. The van der Waals surface area contributed by atoms with Gasteiger partial charge in [0.1, 0.15) is 0 Å². The summed E-state index contributed by atoms with van der Waals surface area (Å²) in [6.07, 6.45) is 0. The molecule has 0 amide bonds. The number of hydrogen-bond acceptors (Lipinski definition) is 4. The van der Waals surface area contributed by atoms with Crippen LogP contribution in [0.4, 0.5) is 0 Å². The fourth-order valence-electron chi connectivity index (χ4n) is 1.61. The van der Waals surface area contributed by atoms with Gasteiger partial charge in [-0.1, -0.05) is 0 Å². The van der Waals surface area contributed by atoms with Gasteiger partial charge in [-0.2, -0.15) is 0 Å². The highest BCUT2D eigenvalue weighted by atomic mass is 28.4. The quantitative estimate of drug-likeness (QED) is 0.567. The van der Waals surface area contributed by atoms with Crippen LogP contribution in [-0.2, 0) is 17.7 Å². The van der Waals surface area contributed by atoms with Gasteiger partial charge in [0.25, 0.3) is 0 Å². The average Bonchev–Trinajstić information content (AvgIpc) is 2.18. The van der Waals surface area contributed by atoms with E-state index in [1.807, 2.05) is 27.7 Å². The maximum absolute atomic E-state index is 5.78. The second-order valence-corrected chi connectivity index (χ2v) is 9.55. The summed E-state index contributed by atoms with van der Waals surface area (Å²) >= 11 is 0. The highest BCUT2D eigenvalue weighted by Gasteiger charge is 2.36. The molecule has 0 rings (SSSR count). The molecular formula is C10H26O4Si2. The monoisotopic (exact) mass is 266 g/mol. The summed E-state index contributed by atoms with van der Waals surface area (Å²) in [7, 11) is -3.69. The minimum absolute atomic E-state index is 0.697. The van der Waals surface area contributed by atoms with E-state index in [0.29, 0.717) is 26.4 Å². The lowest BCUT2D eigenvalue weighted by atomic mass is 10.9. The van der Waals surface area contributed by atoms with Crippen LogP contribution in [0.15, 0.2) is 0 Å². The summed E-state index contributed by atoms with van der Waals surface area (Å²) < 4.78 is 22.9. The van der Waals surface area contributed by atoms with Crippen molar-refractivity contribution in [3.05, 3.63) is 0 Å². The first-order chi connectivity index (χ1) is 7.61. The highest BCUT2D eigenvalue weighted by Crippen LogP contribution is 2.16. The zero-order valence-electron chi connectivity index (χ0n) is 11.2. The SMILES string of the molecule is CCO[SiH](C[Si](C)(OCC)OCC)OCC. The van der Waals surface area contributed by atoms with Crippen molar-refractivity contribution in [2.75, 3.05) is 26.4 Å². The van der Waals surface area contributed by atoms with E-state index in [4.69, 9.17) is 17.7 Å². The molecule has 0 bridgehead atoms. The van der Waals surface area contributed by atoms with Gasteiger partial charge in [-0.15, -0.1) is 0 Å². The third-order valence-electron chi connectivity index (χ3n) is 2.14. The molecule has 0 aliphatic rings.